The molecule has 1 fully saturated rings. The molecule has 5 nitrogen and oxygen atoms in total. The van der Waals surface area contributed by atoms with Gasteiger partial charge in [-0.1, -0.05) is 30.3 Å². The number of aliphatic carboxylic acids is 1. The Labute approximate surface area is 156 Å². The summed E-state index contributed by atoms with van der Waals surface area (Å²) in [5.41, 5.74) is 3.21. The zero-order valence-corrected chi connectivity index (χ0v) is 15.3. The lowest BCUT2D eigenvalue weighted by atomic mass is 10.1. The van der Waals surface area contributed by atoms with Gasteiger partial charge in [0.25, 0.3) is 0 Å². The summed E-state index contributed by atoms with van der Waals surface area (Å²) in [4.78, 5) is 14.4. The van der Waals surface area contributed by atoms with E-state index in [0.29, 0.717) is 12.8 Å². The maximum absolute atomic E-state index is 13.2. The molecule has 2 aliphatic rings. The molecule has 1 N–H and O–H groups in total. The minimum absolute atomic E-state index is 0.391. The minimum Gasteiger partial charge on any atom is -0.593 e. The molecule has 2 aromatic carbocycles. The third kappa shape index (κ3) is 3.32. The lowest BCUT2D eigenvalue weighted by molar-refractivity contribution is -0.141. The summed E-state index contributed by atoms with van der Waals surface area (Å²) < 4.78 is 15.2. The highest BCUT2D eigenvalue weighted by Crippen LogP contribution is 2.33. The van der Waals surface area contributed by atoms with E-state index < -0.39 is 23.2 Å². The highest BCUT2D eigenvalue weighted by molar-refractivity contribution is 7.89. The molecular formula is C20H22N2O3S. The number of fused-ring (bicyclic) bond motifs is 1. The Kier molecular flexibility index (Phi) is 4.89. The molecule has 2 atom stereocenters. The predicted octanol–water partition coefficient (Wildman–Crippen LogP) is 2.33. The molecule has 2 unspecified atom stereocenters. The number of para-hydroxylation sites is 1. The molecule has 1 aliphatic heterocycles. The Morgan fingerprint density at radius 2 is 1.73 bits per heavy atom. The van der Waals surface area contributed by atoms with Gasteiger partial charge in [0.1, 0.15) is 0 Å². The molecule has 0 aromatic heterocycles. The molecule has 1 heterocycles. The number of hydrogen-bond acceptors (Lipinski definition) is 4. The van der Waals surface area contributed by atoms with Gasteiger partial charge in [-0.25, -0.2) is 0 Å². The van der Waals surface area contributed by atoms with Crippen molar-refractivity contribution >= 4 is 23.0 Å². The van der Waals surface area contributed by atoms with Gasteiger partial charge in [-0.2, -0.15) is 0 Å². The van der Waals surface area contributed by atoms with Gasteiger partial charge < -0.3 is 14.6 Å². The van der Waals surface area contributed by atoms with Crippen LogP contribution in [-0.4, -0.2) is 46.1 Å². The van der Waals surface area contributed by atoms with Crippen molar-refractivity contribution in [2.75, 3.05) is 31.1 Å². The van der Waals surface area contributed by atoms with E-state index in [0.717, 1.165) is 42.2 Å². The van der Waals surface area contributed by atoms with Crippen LogP contribution < -0.4 is 4.90 Å². The molecule has 4 rings (SSSR count). The number of carbonyl (C=O) groups is 1. The fraction of sp³-hybridized carbons (Fsp3) is 0.350. The Bertz CT molecular complexity index is 791. The quantitative estimate of drug-likeness (QED) is 0.837. The van der Waals surface area contributed by atoms with Crippen LogP contribution in [0.4, 0.5) is 5.69 Å². The SMILES string of the molecule is O=C(O)C1Cc2cccc([S+]([O-])N3CCN(c4ccccc4)CC3)c2C1. The summed E-state index contributed by atoms with van der Waals surface area (Å²) in [6, 6.07) is 16.0. The van der Waals surface area contributed by atoms with Gasteiger partial charge >= 0.3 is 5.97 Å². The van der Waals surface area contributed by atoms with Crippen molar-refractivity contribution in [2.45, 2.75) is 17.7 Å². The second kappa shape index (κ2) is 7.31. The lowest BCUT2D eigenvalue weighted by Gasteiger charge is -2.35. The first-order chi connectivity index (χ1) is 12.6. The van der Waals surface area contributed by atoms with Crippen LogP contribution in [-0.2, 0) is 29.0 Å². The summed E-state index contributed by atoms with van der Waals surface area (Å²) in [7, 11) is 0. The molecule has 1 aliphatic carbocycles. The first-order valence-corrected chi connectivity index (χ1v) is 10.0. The number of rotatable bonds is 4. The van der Waals surface area contributed by atoms with E-state index in [9.17, 15) is 14.5 Å². The Hall–Kier alpha value is -2.02. The summed E-state index contributed by atoms with van der Waals surface area (Å²) >= 11 is -1.24. The monoisotopic (exact) mass is 370 g/mol. The second-order valence-corrected chi connectivity index (χ2v) is 8.29. The van der Waals surface area contributed by atoms with Gasteiger partial charge in [0, 0.05) is 24.3 Å². The number of hydrogen-bond donors (Lipinski definition) is 1. The molecule has 0 radical (unpaired) electrons. The van der Waals surface area contributed by atoms with Crippen LogP contribution in [0.3, 0.4) is 0 Å². The Balaban J connectivity index is 1.46. The van der Waals surface area contributed by atoms with Crippen molar-refractivity contribution < 1.29 is 14.5 Å². The first-order valence-electron chi connectivity index (χ1n) is 8.94. The molecule has 26 heavy (non-hydrogen) atoms. The molecule has 2 aromatic rings. The maximum Gasteiger partial charge on any atom is 0.307 e. The van der Waals surface area contributed by atoms with Gasteiger partial charge in [0.05, 0.1) is 30.4 Å². The van der Waals surface area contributed by atoms with E-state index in [4.69, 9.17) is 0 Å². The van der Waals surface area contributed by atoms with E-state index in [-0.39, 0.29) is 0 Å². The van der Waals surface area contributed by atoms with Crippen molar-refractivity contribution in [3.63, 3.8) is 0 Å². The van der Waals surface area contributed by atoms with E-state index in [1.807, 2.05) is 40.7 Å². The largest absolute Gasteiger partial charge is 0.593 e. The molecule has 0 bridgehead atoms. The van der Waals surface area contributed by atoms with Gasteiger partial charge in [-0.15, -0.1) is 4.31 Å². The standard InChI is InChI=1S/C20H22N2O3S/c23-20(24)16-13-15-5-4-8-19(18(15)14-16)26(25)22-11-9-21(10-12-22)17-6-2-1-3-7-17/h1-8,16H,9-14H2,(H,23,24). The van der Waals surface area contributed by atoms with E-state index in [1.54, 1.807) is 0 Å². The summed E-state index contributed by atoms with van der Waals surface area (Å²) in [5.74, 6) is -1.16. The third-order valence-corrected chi connectivity index (χ3v) is 6.87. The normalized spacial score (nSPS) is 21.4. The first kappa shape index (κ1) is 17.4. The minimum atomic E-state index is -1.24. The van der Waals surface area contributed by atoms with Crippen molar-refractivity contribution in [2.24, 2.45) is 5.92 Å². The molecule has 0 spiro atoms. The average Bonchev–Trinajstić information content (AvgIpc) is 3.13. The second-order valence-electron chi connectivity index (χ2n) is 6.84. The summed E-state index contributed by atoms with van der Waals surface area (Å²) in [5, 5.41) is 9.31. The molecule has 6 heteroatoms. The lowest BCUT2D eigenvalue weighted by Crippen LogP contribution is -2.48. The van der Waals surface area contributed by atoms with Crippen LogP contribution in [0, 0.1) is 5.92 Å². The van der Waals surface area contributed by atoms with E-state index in [2.05, 4.69) is 17.0 Å². The zero-order valence-electron chi connectivity index (χ0n) is 14.5. The number of anilines is 1. The average molecular weight is 370 g/mol. The van der Waals surface area contributed by atoms with Crippen LogP contribution in [0.2, 0.25) is 0 Å². The summed E-state index contributed by atoms with van der Waals surface area (Å²) in [6.07, 6.45) is 1.02. The van der Waals surface area contributed by atoms with Crippen molar-refractivity contribution in [3.05, 3.63) is 59.7 Å². The molecule has 136 valence electrons. The molecule has 0 saturated carbocycles. The topological polar surface area (TPSA) is 66.8 Å². The number of nitrogens with zero attached hydrogens (tertiary/aromatic N) is 2. The number of carboxylic acid groups (broad SMARTS) is 1. The van der Waals surface area contributed by atoms with E-state index >= 15 is 0 Å². The van der Waals surface area contributed by atoms with Gasteiger partial charge in [-0.05, 0) is 36.6 Å². The highest BCUT2D eigenvalue weighted by atomic mass is 32.2. The van der Waals surface area contributed by atoms with Crippen molar-refractivity contribution in [1.29, 1.82) is 0 Å². The van der Waals surface area contributed by atoms with Crippen molar-refractivity contribution in [3.8, 4) is 0 Å². The van der Waals surface area contributed by atoms with Gasteiger partial charge in [0.15, 0.2) is 4.90 Å². The number of carboxylic acids is 1. The Morgan fingerprint density at radius 1 is 1.00 bits per heavy atom. The van der Waals surface area contributed by atoms with Gasteiger partial charge in [0.2, 0.25) is 0 Å². The zero-order chi connectivity index (χ0) is 18.1. The molecule has 1 saturated heterocycles. The van der Waals surface area contributed by atoms with Crippen molar-refractivity contribution in [1.82, 2.24) is 4.31 Å². The fourth-order valence-electron chi connectivity index (χ4n) is 3.85. The number of piperazine rings is 1. The van der Waals surface area contributed by atoms with Crippen LogP contribution in [0.1, 0.15) is 11.1 Å². The fourth-order valence-corrected chi connectivity index (χ4v) is 5.24. The van der Waals surface area contributed by atoms with Crippen LogP contribution in [0.5, 0.6) is 0 Å². The van der Waals surface area contributed by atoms with Gasteiger partial charge in [-0.3, -0.25) is 4.79 Å². The third-order valence-electron chi connectivity index (χ3n) is 5.28. The maximum atomic E-state index is 13.2. The highest BCUT2D eigenvalue weighted by Gasteiger charge is 2.35. The predicted molar refractivity (Wildman–Crippen MR) is 102 cm³/mol. The van der Waals surface area contributed by atoms with Crippen LogP contribution in [0.15, 0.2) is 53.4 Å². The van der Waals surface area contributed by atoms with E-state index in [1.165, 1.54) is 5.69 Å². The van der Waals surface area contributed by atoms with Crippen LogP contribution >= 0.6 is 0 Å². The Morgan fingerprint density at radius 3 is 2.42 bits per heavy atom. The van der Waals surface area contributed by atoms with Crippen LogP contribution in [0.25, 0.3) is 0 Å². The number of benzene rings is 2. The smallest absolute Gasteiger partial charge is 0.307 e. The summed E-state index contributed by atoms with van der Waals surface area (Å²) in [6.45, 7) is 3.13. The molecular weight excluding hydrogens is 348 g/mol. The molecule has 0 amide bonds.